The fourth-order valence-corrected chi connectivity index (χ4v) is 0.959. The third kappa shape index (κ3) is 0.992. The van der Waals surface area contributed by atoms with Crippen LogP contribution < -0.4 is 10.6 Å². The molecule has 0 aromatic heterocycles. The minimum absolute atomic E-state index is 0.194. The van der Waals surface area contributed by atoms with Crippen molar-refractivity contribution >= 4 is 0 Å². The van der Waals surface area contributed by atoms with Gasteiger partial charge in [-0.1, -0.05) is 0 Å². The molecule has 1 heterocycles. The van der Waals surface area contributed by atoms with Crippen LogP contribution in [0.15, 0.2) is 0 Å². The fraction of sp³-hybridized carbons (Fsp3) is 1.00. The molecule has 0 radical (unpaired) electrons. The summed E-state index contributed by atoms with van der Waals surface area (Å²) in [6.45, 7) is 1.61. The average molecular weight is 116 g/mol. The Hall–Kier alpha value is -0.120. The van der Waals surface area contributed by atoms with E-state index in [-0.39, 0.29) is 12.1 Å². The van der Waals surface area contributed by atoms with Crippen molar-refractivity contribution < 1.29 is 5.11 Å². The van der Waals surface area contributed by atoms with E-state index in [4.69, 9.17) is 5.11 Å². The number of hydrogen-bond acceptors (Lipinski definition) is 3. The van der Waals surface area contributed by atoms with Crippen LogP contribution in [0.5, 0.6) is 0 Å². The fourth-order valence-electron chi connectivity index (χ4n) is 0.959. The number of rotatable bonds is 1. The van der Waals surface area contributed by atoms with Gasteiger partial charge in [-0.2, -0.15) is 0 Å². The first-order valence-electron chi connectivity index (χ1n) is 2.90. The summed E-state index contributed by atoms with van der Waals surface area (Å²) in [4.78, 5) is 0. The summed E-state index contributed by atoms with van der Waals surface area (Å²) in [6, 6.07) is 0.259. The van der Waals surface area contributed by atoms with Crippen LogP contribution in [0, 0.1) is 0 Å². The molecule has 3 N–H and O–H groups in total. The third-order valence-electron chi connectivity index (χ3n) is 1.55. The predicted octanol–water partition coefficient (Wildman–Crippen LogP) is -1.46. The van der Waals surface area contributed by atoms with Crippen molar-refractivity contribution in [2.75, 3.05) is 20.1 Å². The van der Waals surface area contributed by atoms with Gasteiger partial charge in [0.1, 0.15) is 0 Å². The molecule has 0 spiro atoms. The lowest BCUT2D eigenvalue weighted by Crippen LogP contribution is -2.36. The lowest BCUT2D eigenvalue weighted by molar-refractivity contribution is 0.167. The Morgan fingerprint density at radius 3 is 2.62 bits per heavy atom. The molecule has 1 aliphatic rings. The minimum atomic E-state index is -0.194. The van der Waals surface area contributed by atoms with Crippen LogP contribution >= 0.6 is 0 Å². The van der Waals surface area contributed by atoms with Gasteiger partial charge in [-0.05, 0) is 7.05 Å². The SMILES string of the molecule is CN[C@H]1CNC[C@@H]1O. The smallest absolute Gasteiger partial charge is 0.0829 e. The molecule has 0 aliphatic carbocycles. The van der Waals surface area contributed by atoms with Crippen molar-refractivity contribution in [2.24, 2.45) is 0 Å². The van der Waals surface area contributed by atoms with Gasteiger partial charge in [0.05, 0.1) is 6.10 Å². The van der Waals surface area contributed by atoms with E-state index in [1.807, 2.05) is 7.05 Å². The van der Waals surface area contributed by atoms with E-state index in [1.165, 1.54) is 0 Å². The summed E-state index contributed by atoms with van der Waals surface area (Å²) in [5.74, 6) is 0. The minimum Gasteiger partial charge on any atom is -0.390 e. The Kier molecular flexibility index (Phi) is 1.83. The van der Waals surface area contributed by atoms with Gasteiger partial charge in [0.15, 0.2) is 0 Å². The lowest BCUT2D eigenvalue weighted by Gasteiger charge is -2.09. The molecule has 0 amide bonds. The molecule has 0 aromatic rings. The second-order valence-corrected chi connectivity index (χ2v) is 2.12. The summed E-state index contributed by atoms with van der Waals surface area (Å²) < 4.78 is 0. The summed E-state index contributed by atoms with van der Waals surface area (Å²) in [7, 11) is 1.86. The molecule has 0 saturated carbocycles. The zero-order valence-electron chi connectivity index (χ0n) is 5.02. The van der Waals surface area contributed by atoms with Gasteiger partial charge in [0.25, 0.3) is 0 Å². The van der Waals surface area contributed by atoms with Crippen molar-refractivity contribution in [1.82, 2.24) is 10.6 Å². The van der Waals surface area contributed by atoms with E-state index in [0.29, 0.717) is 0 Å². The van der Waals surface area contributed by atoms with E-state index in [0.717, 1.165) is 13.1 Å². The molecular weight excluding hydrogens is 104 g/mol. The maximum absolute atomic E-state index is 9.06. The molecule has 0 aromatic carbocycles. The van der Waals surface area contributed by atoms with E-state index in [2.05, 4.69) is 10.6 Å². The van der Waals surface area contributed by atoms with Crippen molar-refractivity contribution in [1.29, 1.82) is 0 Å². The third-order valence-corrected chi connectivity index (χ3v) is 1.55. The van der Waals surface area contributed by atoms with Gasteiger partial charge in [0, 0.05) is 19.1 Å². The van der Waals surface area contributed by atoms with Crippen LogP contribution in [-0.2, 0) is 0 Å². The molecular formula is C5H12N2O. The lowest BCUT2D eigenvalue weighted by atomic mass is 10.2. The van der Waals surface area contributed by atoms with Gasteiger partial charge < -0.3 is 15.7 Å². The quantitative estimate of drug-likeness (QED) is 0.392. The normalized spacial score (nSPS) is 38.2. The van der Waals surface area contributed by atoms with Crippen LogP contribution in [-0.4, -0.2) is 37.4 Å². The second kappa shape index (κ2) is 2.44. The first-order valence-corrected chi connectivity index (χ1v) is 2.90. The van der Waals surface area contributed by atoms with Crippen LogP contribution in [0.1, 0.15) is 0 Å². The Bertz CT molecular complexity index is 76.8. The monoisotopic (exact) mass is 116 g/mol. The van der Waals surface area contributed by atoms with Crippen LogP contribution in [0.4, 0.5) is 0 Å². The number of aliphatic hydroxyl groups excluding tert-OH is 1. The first kappa shape index (κ1) is 6.01. The van der Waals surface area contributed by atoms with Crippen LogP contribution in [0.2, 0.25) is 0 Å². The maximum atomic E-state index is 9.06. The molecule has 0 bridgehead atoms. The van der Waals surface area contributed by atoms with Gasteiger partial charge in [-0.3, -0.25) is 0 Å². The number of nitrogens with one attached hydrogen (secondary N) is 2. The Morgan fingerprint density at radius 1 is 1.62 bits per heavy atom. The van der Waals surface area contributed by atoms with Crippen molar-refractivity contribution in [2.45, 2.75) is 12.1 Å². The standard InChI is InChI=1S/C5H12N2O/c1-6-4-2-7-3-5(4)8/h4-8H,2-3H2,1H3/t4-,5-/m0/s1. The van der Waals surface area contributed by atoms with Gasteiger partial charge in [0.2, 0.25) is 0 Å². The predicted molar refractivity (Wildman–Crippen MR) is 31.7 cm³/mol. The number of likely N-dealkylation sites (N-methyl/N-ethyl adjacent to an activating group) is 1. The van der Waals surface area contributed by atoms with Crippen LogP contribution in [0.3, 0.4) is 0 Å². The van der Waals surface area contributed by atoms with E-state index < -0.39 is 0 Å². The Labute approximate surface area is 49.1 Å². The Balaban J connectivity index is 2.30. The van der Waals surface area contributed by atoms with Crippen molar-refractivity contribution in [3.05, 3.63) is 0 Å². The molecule has 2 atom stereocenters. The molecule has 8 heavy (non-hydrogen) atoms. The molecule has 3 heteroatoms. The van der Waals surface area contributed by atoms with E-state index >= 15 is 0 Å². The molecule has 1 rings (SSSR count). The highest BCUT2D eigenvalue weighted by Crippen LogP contribution is 1.96. The van der Waals surface area contributed by atoms with Gasteiger partial charge in [-0.25, -0.2) is 0 Å². The van der Waals surface area contributed by atoms with Gasteiger partial charge in [-0.15, -0.1) is 0 Å². The summed E-state index contributed by atoms with van der Waals surface area (Å²) in [6.07, 6.45) is -0.194. The molecule has 3 nitrogen and oxygen atoms in total. The molecule has 1 aliphatic heterocycles. The number of aliphatic hydroxyl groups is 1. The van der Waals surface area contributed by atoms with E-state index in [1.54, 1.807) is 0 Å². The van der Waals surface area contributed by atoms with Crippen molar-refractivity contribution in [3.63, 3.8) is 0 Å². The Morgan fingerprint density at radius 2 is 2.38 bits per heavy atom. The summed E-state index contributed by atoms with van der Waals surface area (Å²) in [5.41, 5.74) is 0. The highest BCUT2D eigenvalue weighted by Gasteiger charge is 2.22. The number of β-amino-alcohol motifs (C(OH)–C–C–N with tert-alkyl or cyclic N) is 1. The maximum Gasteiger partial charge on any atom is 0.0829 e. The molecule has 48 valence electrons. The molecule has 1 saturated heterocycles. The average Bonchev–Trinajstić information content (AvgIpc) is 2.14. The first-order chi connectivity index (χ1) is 3.84. The molecule has 0 unspecified atom stereocenters. The van der Waals surface area contributed by atoms with Gasteiger partial charge >= 0.3 is 0 Å². The second-order valence-electron chi connectivity index (χ2n) is 2.12. The number of hydrogen-bond donors (Lipinski definition) is 3. The van der Waals surface area contributed by atoms with E-state index in [9.17, 15) is 0 Å². The highest BCUT2D eigenvalue weighted by atomic mass is 16.3. The largest absolute Gasteiger partial charge is 0.390 e. The zero-order chi connectivity index (χ0) is 5.98. The highest BCUT2D eigenvalue weighted by molar-refractivity contribution is 4.84. The molecule has 1 fully saturated rings. The van der Waals surface area contributed by atoms with Crippen molar-refractivity contribution in [3.8, 4) is 0 Å². The summed E-state index contributed by atoms with van der Waals surface area (Å²) in [5, 5.41) is 15.1. The zero-order valence-corrected chi connectivity index (χ0v) is 5.02. The topological polar surface area (TPSA) is 44.3 Å². The van der Waals surface area contributed by atoms with Crippen LogP contribution in [0.25, 0.3) is 0 Å². The summed E-state index contributed by atoms with van der Waals surface area (Å²) >= 11 is 0.